The van der Waals surface area contributed by atoms with Gasteiger partial charge in [-0.25, -0.2) is 0 Å². The maximum absolute atomic E-state index is 13.8. The van der Waals surface area contributed by atoms with E-state index in [0.29, 0.717) is 41.8 Å². The number of amides is 2. The van der Waals surface area contributed by atoms with Crippen LogP contribution in [0.3, 0.4) is 0 Å². The summed E-state index contributed by atoms with van der Waals surface area (Å²) in [6.45, 7) is 7.50. The molecule has 1 fully saturated rings. The van der Waals surface area contributed by atoms with Gasteiger partial charge in [0.1, 0.15) is 5.54 Å². The number of rotatable bonds is 8. The van der Waals surface area contributed by atoms with E-state index in [1.807, 2.05) is 47.9 Å². The van der Waals surface area contributed by atoms with Crippen LogP contribution in [-0.4, -0.2) is 83.5 Å². The van der Waals surface area contributed by atoms with Crippen LogP contribution >= 0.6 is 23.2 Å². The van der Waals surface area contributed by atoms with Gasteiger partial charge >= 0.3 is 0 Å². The number of fused-ring (bicyclic) bond motifs is 1. The van der Waals surface area contributed by atoms with Crippen LogP contribution < -0.4 is 5.32 Å². The second kappa shape index (κ2) is 10.8. The number of aliphatic hydroxyl groups is 1. The average Bonchev–Trinajstić information content (AvgIpc) is 3.08. The number of carbonyl (C=O) groups excluding carboxylic acids is 2. The van der Waals surface area contributed by atoms with Crippen LogP contribution in [0.2, 0.25) is 10.0 Å². The number of carbonyl (C=O) groups is 2. The zero-order valence-corrected chi connectivity index (χ0v) is 21.6. The number of halogens is 2. The number of piperazine rings is 1. The lowest BCUT2D eigenvalue weighted by molar-refractivity contribution is -0.140. The molecule has 0 spiro atoms. The number of hydrogen-bond acceptors (Lipinski definition) is 5. The lowest BCUT2D eigenvalue weighted by Gasteiger charge is -2.43. The monoisotopic (exact) mass is 518 g/mol. The molecular formula is C26H32Cl2N4O3. The van der Waals surface area contributed by atoms with E-state index in [1.54, 1.807) is 18.2 Å². The normalized spacial score (nSPS) is 20.4. The van der Waals surface area contributed by atoms with Gasteiger partial charge in [-0.05, 0) is 43.7 Å². The third-order valence-corrected chi connectivity index (χ3v) is 7.43. The molecule has 2 heterocycles. The van der Waals surface area contributed by atoms with Crippen LogP contribution in [0.15, 0.2) is 42.5 Å². The number of nitrogens with zero attached hydrogens (tertiary/aromatic N) is 3. The quantitative estimate of drug-likeness (QED) is 0.560. The lowest BCUT2D eigenvalue weighted by Crippen LogP contribution is -2.59. The molecule has 4 rings (SSSR count). The molecule has 1 atom stereocenters. The number of benzene rings is 2. The van der Waals surface area contributed by atoms with E-state index in [4.69, 9.17) is 23.2 Å². The van der Waals surface area contributed by atoms with E-state index in [0.717, 1.165) is 24.2 Å². The van der Waals surface area contributed by atoms with Gasteiger partial charge in [-0.3, -0.25) is 19.4 Å². The summed E-state index contributed by atoms with van der Waals surface area (Å²) in [4.78, 5) is 33.3. The van der Waals surface area contributed by atoms with Crippen molar-refractivity contribution in [1.82, 2.24) is 14.7 Å². The van der Waals surface area contributed by atoms with Gasteiger partial charge in [0.2, 0.25) is 11.8 Å². The van der Waals surface area contributed by atoms with Gasteiger partial charge in [0.15, 0.2) is 0 Å². The number of anilines is 1. The molecule has 0 aliphatic carbocycles. The second-order valence-electron chi connectivity index (χ2n) is 9.48. The summed E-state index contributed by atoms with van der Waals surface area (Å²) in [5.74, 6) is -0.188. The molecule has 0 aromatic heterocycles. The first-order valence-corrected chi connectivity index (χ1v) is 12.7. The largest absolute Gasteiger partial charge is 0.395 e. The van der Waals surface area contributed by atoms with Gasteiger partial charge in [-0.1, -0.05) is 41.4 Å². The van der Waals surface area contributed by atoms with Gasteiger partial charge in [0, 0.05) is 66.5 Å². The van der Waals surface area contributed by atoms with Crippen LogP contribution in [0.25, 0.3) is 0 Å². The summed E-state index contributed by atoms with van der Waals surface area (Å²) in [7, 11) is 0. The molecule has 7 nitrogen and oxygen atoms in total. The minimum Gasteiger partial charge on any atom is -0.395 e. The first kappa shape index (κ1) is 25.9. The standard InChI is InChI=1S/C26H32Cl2N4O3/c1-18(2)32(17-24(34)31-10-8-30(9-11-31)12-13-33)26(16-19-4-3-5-20(27)14-19)22-7-6-21(28)15-23(22)29-25(26)35/h3-7,14-15,18,33H,8-13,16-17H2,1-2H3,(H,29,35). The molecule has 1 unspecified atom stereocenters. The molecule has 9 heteroatoms. The maximum atomic E-state index is 13.8. The molecule has 0 saturated carbocycles. The van der Waals surface area contributed by atoms with Crippen LogP contribution in [0.5, 0.6) is 0 Å². The predicted octanol–water partition coefficient (Wildman–Crippen LogP) is 3.23. The van der Waals surface area contributed by atoms with E-state index in [9.17, 15) is 14.7 Å². The van der Waals surface area contributed by atoms with Crippen molar-refractivity contribution in [1.29, 1.82) is 0 Å². The summed E-state index contributed by atoms with van der Waals surface area (Å²) in [6.07, 6.45) is 0.365. The predicted molar refractivity (Wildman–Crippen MR) is 139 cm³/mol. The summed E-state index contributed by atoms with van der Waals surface area (Å²) in [6, 6.07) is 12.8. The van der Waals surface area contributed by atoms with Gasteiger partial charge in [0.25, 0.3) is 0 Å². The highest BCUT2D eigenvalue weighted by Gasteiger charge is 2.52. The van der Waals surface area contributed by atoms with Crippen LogP contribution in [0.4, 0.5) is 5.69 Å². The lowest BCUT2D eigenvalue weighted by atomic mass is 9.82. The first-order valence-electron chi connectivity index (χ1n) is 12.0. The Labute approximate surface area is 216 Å². The van der Waals surface area contributed by atoms with Gasteiger partial charge in [0.05, 0.1) is 13.2 Å². The Hall–Kier alpha value is -2.16. The van der Waals surface area contributed by atoms with Crippen molar-refractivity contribution in [3.8, 4) is 0 Å². The summed E-state index contributed by atoms with van der Waals surface area (Å²) < 4.78 is 0. The Bertz CT molecular complexity index is 1090. The Morgan fingerprint density at radius 1 is 1.11 bits per heavy atom. The first-order chi connectivity index (χ1) is 16.7. The summed E-state index contributed by atoms with van der Waals surface area (Å²) in [5.41, 5.74) is 1.29. The molecule has 0 bridgehead atoms. The third-order valence-electron chi connectivity index (χ3n) is 6.96. The van der Waals surface area contributed by atoms with Crippen molar-refractivity contribution in [3.05, 3.63) is 63.6 Å². The van der Waals surface area contributed by atoms with E-state index in [-0.39, 0.29) is 31.0 Å². The Morgan fingerprint density at radius 2 is 1.83 bits per heavy atom. The second-order valence-corrected chi connectivity index (χ2v) is 10.4. The number of β-amino-alcohol motifs (C(OH)–C–C–N with tert-alkyl or cyclic N) is 1. The third kappa shape index (κ3) is 5.34. The molecule has 2 N–H and O–H groups in total. The van der Waals surface area contributed by atoms with E-state index < -0.39 is 5.54 Å². The fraction of sp³-hybridized carbons (Fsp3) is 0.462. The van der Waals surface area contributed by atoms with Crippen LogP contribution in [-0.2, 0) is 21.5 Å². The zero-order chi connectivity index (χ0) is 25.2. The zero-order valence-electron chi connectivity index (χ0n) is 20.1. The minimum atomic E-state index is -1.09. The topological polar surface area (TPSA) is 76.1 Å². The molecular weight excluding hydrogens is 487 g/mol. The Kier molecular flexibility index (Phi) is 8.03. The van der Waals surface area contributed by atoms with Crippen LogP contribution in [0, 0.1) is 0 Å². The smallest absolute Gasteiger partial charge is 0.249 e. The van der Waals surface area contributed by atoms with Crippen molar-refractivity contribution in [3.63, 3.8) is 0 Å². The van der Waals surface area contributed by atoms with Crippen LogP contribution in [0.1, 0.15) is 25.0 Å². The van der Waals surface area contributed by atoms with E-state index in [2.05, 4.69) is 10.2 Å². The summed E-state index contributed by atoms with van der Waals surface area (Å²) >= 11 is 12.5. The highest BCUT2D eigenvalue weighted by Crippen LogP contribution is 2.45. The maximum Gasteiger partial charge on any atom is 0.249 e. The van der Waals surface area contributed by atoms with Gasteiger partial charge in [-0.15, -0.1) is 0 Å². The number of nitrogens with one attached hydrogen (secondary N) is 1. The Balaban J connectivity index is 1.69. The van der Waals surface area contributed by atoms with Crippen molar-refractivity contribution < 1.29 is 14.7 Å². The highest BCUT2D eigenvalue weighted by atomic mass is 35.5. The average molecular weight is 519 g/mol. The molecule has 188 valence electrons. The molecule has 2 aliphatic heterocycles. The van der Waals surface area contributed by atoms with Crippen molar-refractivity contribution in [2.24, 2.45) is 0 Å². The number of hydrogen-bond donors (Lipinski definition) is 2. The highest BCUT2D eigenvalue weighted by molar-refractivity contribution is 6.31. The van der Waals surface area contributed by atoms with Crippen molar-refractivity contribution >= 4 is 40.7 Å². The molecule has 2 aromatic rings. The van der Waals surface area contributed by atoms with E-state index >= 15 is 0 Å². The fourth-order valence-electron chi connectivity index (χ4n) is 5.20. The van der Waals surface area contributed by atoms with Crippen molar-refractivity contribution in [2.75, 3.05) is 51.2 Å². The number of aliphatic hydroxyl groups excluding tert-OH is 1. The fourth-order valence-corrected chi connectivity index (χ4v) is 5.58. The van der Waals surface area contributed by atoms with Gasteiger partial charge in [-0.2, -0.15) is 0 Å². The van der Waals surface area contributed by atoms with Crippen molar-refractivity contribution in [2.45, 2.75) is 31.8 Å². The van der Waals surface area contributed by atoms with E-state index in [1.165, 1.54) is 0 Å². The molecule has 2 aliphatic rings. The molecule has 0 radical (unpaired) electrons. The molecule has 1 saturated heterocycles. The summed E-state index contributed by atoms with van der Waals surface area (Å²) in [5, 5.41) is 13.4. The van der Waals surface area contributed by atoms with Gasteiger partial charge < -0.3 is 15.3 Å². The SMILES string of the molecule is CC(C)N(CC(=O)N1CCN(CCO)CC1)C1(Cc2cccc(Cl)c2)C(=O)Nc2cc(Cl)ccc21. The Morgan fingerprint density at radius 3 is 2.49 bits per heavy atom. The molecule has 2 aromatic carbocycles. The molecule has 35 heavy (non-hydrogen) atoms. The minimum absolute atomic E-state index is 0.0111. The molecule has 2 amide bonds.